The Morgan fingerprint density at radius 3 is 2.89 bits per heavy atom. The zero-order chi connectivity index (χ0) is 13.0. The van der Waals surface area contributed by atoms with E-state index in [0.717, 1.165) is 5.69 Å². The normalized spacial score (nSPS) is 12.1. The fourth-order valence-corrected chi connectivity index (χ4v) is 1.58. The Labute approximate surface area is 105 Å². The van der Waals surface area contributed by atoms with Crippen LogP contribution in [0.1, 0.15) is 35.0 Å². The van der Waals surface area contributed by atoms with Crippen molar-refractivity contribution >= 4 is 5.91 Å². The average Bonchev–Trinajstić information content (AvgIpc) is 2.88. The summed E-state index contributed by atoms with van der Waals surface area (Å²) in [6, 6.07) is 8.70. The van der Waals surface area contributed by atoms with Gasteiger partial charge in [0.25, 0.3) is 5.91 Å². The highest BCUT2D eigenvalue weighted by atomic mass is 16.4. The second kappa shape index (κ2) is 5.46. The minimum Gasteiger partial charge on any atom is -0.455 e. The highest BCUT2D eigenvalue weighted by Gasteiger charge is 2.15. The van der Waals surface area contributed by atoms with Gasteiger partial charge in [-0.2, -0.15) is 0 Å². The maximum atomic E-state index is 11.9. The van der Waals surface area contributed by atoms with E-state index >= 15 is 0 Å². The molecule has 1 amide bonds. The van der Waals surface area contributed by atoms with Crippen LogP contribution >= 0.6 is 0 Å². The lowest BCUT2D eigenvalue weighted by Gasteiger charge is -2.11. The van der Waals surface area contributed by atoms with Crippen LogP contribution in [0.4, 0.5) is 0 Å². The van der Waals surface area contributed by atoms with Gasteiger partial charge in [-0.05, 0) is 31.2 Å². The molecular formula is C13H15N3O2. The molecule has 0 unspecified atom stereocenters. The summed E-state index contributed by atoms with van der Waals surface area (Å²) in [5, 5.41) is 2.81. The lowest BCUT2D eigenvalue weighted by Crippen LogP contribution is -2.26. The number of nitrogens with zero attached hydrogens (tertiary/aromatic N) is 1. The van der Waals surface area contributed by atoms with Gasteiger partial charge in [0.05, 0.1) is 18.3 Å². The fourth-order valence-electron chi connectivity index (χ4n) is 1.58. The van der Waals surface area contributed by atoms with Crippen molar-refractivity contribution in [1.29, 1.82) is 0 Å². The van der Waals surface area contributed by atoms with Crippen molar-refractivity contribution in [3.8, 4) is 0 Å². The second-order valence-electron chi connectivity index (χ2n) is 3.92. The minimum absolute atomic E-state index is 0.176. The van der Waals surface area contributed by atoms with Gasteiger partial charge in [-0.3, -0.25) is 9.78 Å². The van der Waals surface area contributed by atoms with Gasteiger partial charge in [0.15, 0.2) is 5.76 Å². The van der Waals surface area contributed by atoms with Crippen LogP contribution < -0.4 is 11.1 Å². The maximum Gasteiger partial charge on any atom is 0.287 e. The van der Waals surface area contributed by atoms with Crippen LogP contribution in [0, 0.1) is 0 Å². The van der Waals surface area contributed by atoms with Gasteiger partial charge in [0.1, 0.15) is 5.76 Å². The summed E-state index contributed by atoms with van der Waals surface area (Å²) < 4.78 is 5.27. The Kier molecular flexibility index (Phi) is 3.74. The molecule has 0 spiro atoms. The molecule has 5 nitrogen and oxygen atoms in total. The molecule has 0 aliphatic carbocycles. The van der Waals surface area contributed by atoms with Gasteiger partial charge >= 0.3 is 0 Å². The molecule has 5 heteroatoms. The SMILES string of the molecule is C[C@H](NC(=O)c1ccc(CN)o1)c1ccccn1. The molecule has 0 aromatic carbocycles. The lowest BCUT2D eigenvalue weighted by atomic mass is 10.2. The van der Waals surface area contributed by atoms with Crippen molar-refractivity contribution in [2.24, 2.45) is 5.73 Å². The molecule has 2 aromatic heterocycles. The van der Waals surface area contributed by atoms with Crippen molar-refractivity contribution < 1.29 is 9.21 Å². The number of amides is 1. The van der Waals surface area contributed by atoms with E-state index in [1.807, 2.05) is 25.1 Å². The van der Waals surface area contributed by atoms with Crippen LogP contribution in [0.5, 0.6) is 0 Å². The zero-order valence-corrected chi connectivity index (χ0v) is 10.1. The summed E-state index contributed by atoms with van der Waals surface area (Å²) in [7, 11) is 0. The fraction of sp³-hybridized carbons (Fsp3) is 0.231. The Morgan fingerprint density at radius 1 is 1.44 bits per heavy atom. The number of aromatic nitrogens is 1. The molecule has 0 fully saturated rings. The third-order valence-electron chi connectivity index (χ3n) is 2.57. The molecule has 2 heterocycles. The number of carbonyl (C=O) groups is 1. The van der Waals surface area contributed by atoms with Gasteiger partial charge in [0, 0.05) is 6.20 Å². The number of furan rings is 1. The maximum absolute atomic E-state index is 11.9. The standard InChI is InChI=1S/C13H15N3O2/c1-9(11-4-2-3-7-15-11)16-13(17)12-6-5-10(8-14)18-12/h2-7,9H,8,14H2,1H3,(H,16,17)/t9-/m0/s1. The van der Waals surface area contributed by atoms with Gasteiger partial charge in [-0.15, -0.1) is 0 Å². The van der Waals surface area contributed by atoms with E-state index in [9.17, 15) is 4.79 Å². The number of nitrogens with two attached hydrogens (primary N) is 1. The predicted octanol–water partition coefficient (Wildman–Crippen LogP) is 1.62. The molecule has 0 saturated carbocycles. The van der Waals surface area contributed by atoms with Gasteiger partial charge < -0.3 is 15.5 Å². The number of hydrogen-bond acceptors (Lipinski definition) is 4. The minimum atomic E-state index is -0.271. The largest absolute Gasteiger partial charge is 0.455 e. The van der Waals surface area contributed by atoms with Crippen LogP contribution in [0.2, 0.25) is 0 Å². The zero-order valence-electron chi connectivity index (χ0n) is 10.1. The molecule has 18 heavy (non-hydrogen) atoms. The van der Waals surface area contributed by atoms with Crippen LogP contribution in [-0.2, 0) is 6.54 Å². The first-order valence-corrected chi connectivity index (χ1v) is 5.71. The predicted molar refractivity (Wildman–Crippen MR) is 66.7 cm³/mol. The van der Waals surface area contributed by atoms with Gasteiger partial charge in [0.2, 0.25) is 0 Å². The quantitative estimate of drug-likeness (QED) is 0.857. The van der Waals surface area contributed by atoms with E-state index in [4.69, 9.17) is 10.2 Å². The Bertz CT molecular complexity index is 522. The van der Waals surface area contributed by atoms with E-state index in [1.54, 1.807) is 18.3 Å². The van der Waals surface area contributed by atoms with E-state index < -0.39 is 0 Å². The molecular weight excluding hydrogens is 230 g/mol. The highest BCUT2D eigenvalue weighted by Crippen LogP contribution is 2.11. The van der Waals surface area contributed by atoms with E-state index in [-0.39, 0.29) is 24.3 Å². The van der Waals surface area contributed by atoms with E-state index in [2.05, 4.69) is 10.3 Å². The molecule has 0 aliphatic rings. The highest BCUT2D eigenvalue weighted by molar-refractivity contribution is 5.91. The third kappa shape index (κ3) is 2.75. The van der Waals surface area contributed by atoms with E-state index in [1.165, 1.54) is 0 Å². The number of carbonyl (C=O) groups excluding carboxylic acids is 1. The molecule has 2 aromatic rings. The molecule has 0 aliphatic heterocycles. The van der Waals surface area contributed by atoms with Gasteiger partial charge in [-0.25, -0.2) is 0 Å². The second-order valence-corrected chi connectivity index (χ2v) is 3.92. The number of nitrogens with one attached hydrogen (secondary N) is 1. The number of pyridine rings is 1. The molecule has 94 valence electrons. The number of hydrogen-bond donors (Lipinski definition) is 2. The molecule has 3 N–H and O–H groups in total. The monoisotopic (exact) mass is 245 g/mol. The first kappa shape index (κ1) is 12.3. The number of rotatable bonds is 4. The average molecular weight is 245 g/mol. The molecule has 0 saturated heterocycles. The molecule has 0 radical (unpaired) electrons. The lowest BCUT2D eigenvalue weighted by molar-refractivity contribution is 0.0909. The van der Waals surface area contributed by atoms with Crippen molar-refractivity contribution in [2.45, 2.75) is 19.5 Å². The smallest absolute Gasteiger partial charge is 0.287 e. The first-order chi connectivity index (χ1) is 8.70. The van der Waals surface area contributed by atoms with Crippen LogP contribution in [0.15, 0.2) is 40.9 Å². The molecule has 0 bridgehead atoms. The summed E-state index contributed by atoms with van der Waals surface area (Å²) in [5.41, 5.74) is 6.22. The van der Waals surface area contributed by atoms with Crippen molar-refractivity contribution in [2.75, 3.05) is 0 Å². The first-order valence-electron chi connectivity index (χ1n) is 5.71. The summed E-state index contributed by atoms with van der Waals surface area (Å²) >= 11 is 0. The van der Waals surface area contributed by atoms with E-state index in [0.29, 0.717) is 5.76 Å². The Morgan fingerprint density at radius 2 is 2.28 bits per heavy atom. The summed E-state index contributed by atoms with van der Waals surface area (Å²) in [6.45, 7) is 2.15. The summed E-state index contributed by atoms with van der Waals surface area (Å²) in [5.74, 6) is 0.580. The molecule has 2 rings (SSSR count). The van der Waals surface area contributed by atoms with Crippen molar-refractivity contribution in [3.63, 3.8) is 0 Å². The summed E-state index contributed by atoms with van der Waals surface area (Å²) in [6.07, 6.45) is 1.69. The molecule has 1 atom stereocenters. The third-order valence-corrected chi connectivity index (χ3v) is 2.57. The topological polar surface area (TPSA) is 81.2 Å². The summed E-state index contributed by atoms with van der Waals surface area (Å²) in [4.78, 5) is 16.1. The van der Waals surface area contributed by atoms with Crippen molar-refractivity contribution in [3.05, 3.63) is 53.7 Å². The van der Waals surface area contributed by atoms with Crippen LogP contribution in [0.3, 0.4) is 0 Å². The van der Waals surface area contributed by atoms with Gasteiger partial charge in [-0.1, -0.05) is 6.07 Å². The van der Waals surface area contributed by atoms with Crippen LogP contribution in [-0.4, -0.2) is 10.9 Å². The Hall–Kier alpha value is -2.14. The Balaban J connectivity index is 2.03. The van der Waals surface area contributed by atoms with Crippen LogP contribution in [0.25, 0.3) is 0 Å². The van der Waals surface area contributed by atoms with Crippen molar-refractivity contribution in [1.82, 2.24) is 10.3 Å².